The third-order valence-electron chi connectivity index (χ3n) is 3.62. The first kappa shape index (κ1) is 17.0. The molecule has 1 heterocycles. The number of esters is 1. The quantitative estimate of drug-likeness (QED) is 0.675. The van der Waals surface area contributed by atoms with E-state index in [-0.39, 0.29) is 0 Å². The number of rotatable bonds is 4. The zero-order chi connectivity index (χ0) is 17.2. The summed E-state index contributed by atoms with van der Waals surface area (Å²) in [6.45, 7) is 9.42. The van der Waals surface area contributed by atoms with Crippen molar-refractivity contribution < 1.29 is 14.3 Å². The topological polar surface area (TPSA) is 59.2 Å². The third kappa shape index (κ3) is 3.52. The van der Waals surface area contributed by atoms with Gasteiger partial charge in [0.15, 0.2) is 6.29 Å². The summed E-state index contributed by atoms with van der Waals surface area (Å²) in [4.78, 5) is 26.9. The predicted octanol–water partition coefficient (Wildman–Crippen LogP) is 4.32. The summed E-state index contributed by atoms with van der Waals surface area (Å²) in [6, 6.07) is 7.83. The zero-order valence-electron chi connectivity index (χ0n) is 14.3. The van der Waals surface area contributed by atoms with E-state index in [9.17, 15) is 9.59 Å². The number of nitrogens with one attached hydrogen (secondary N) is 1. The van der Waals surface area contributed by atoms with Crippen LogP contribution in [0.3, 0.4) is 0 Å². The molecule has 23 heavy (non-hydrogen) atoms. The van der Waals surface area contributed by atoms with E-state index in [0.717, 1.165) is 28.5 Å². The van der Waals surface area contributed by atoms with Gasteiger partial charge in [-0.2, -0.15) is 0 Å². The van der Waals surface area contributed by atoms with Crippen LogP contribution in [0.15, 0.2) is 24.3 Å². The minimum atomic E-state index is -0.586. The zero-order valence-corrected chi connectivity index (χ0v) is 14.3. The summed E-state index contributed by atoms with van der Waals surface area (Å²) in [6.07, 6.45) is 1.39. The van der Waals surface area contributed by atoms with Crippen molar-refractivity contribution in [2.45, 2.75) is 46.6 Å². The van der Waals surface area contributed by atoms with Crippen LogP contribution in [0.4, 0.5) is 0 Å². The van der Waals surface area contributed by atoms with E-state index in [2.05, 4.69) is 4.98 Å². The Balaban J connectivity index is 2.63. The maximum absolute atomic E-state index is 12.5. The lowest BCUT2D eigenvalue weighted by Gasteiger charge is -2.19. The Labute approximate surface area is 136 Å². The maximum Gasteiger partial charge on any atom is 0.355 e. The van der Waals surface area contributed by atoms with Gasteiger partial charge >= 0.3 is 5.97 Å². The maximum atomic E-state index is 12.5. The van der Waals surface area contributed by atoms with Crippen molar-refractivity contribution in [2.24, 2.45) is 0 Å². The molecule has 0 aliphatic heterocycles. The average molecular weight is 313 g/mol. The van der Waals surface area contributed by atoms with Gasteiger partial charge in [-0.1, -0.05) is 31.2 Å². The normalized spacial score (nSPS) is 11.3. The van der Waals surface area contributed by atoms with Crippen LogP contribution in [0.1, 0.15) is 59.8 Å². The Hall–Kier alpha value is -2.36. The molecule has 0 aliphatic rings. The molecule has 1 aromatic carbocycles. The average Bonchev–Trinajstić information content (AvgIpc) is 2.84. The van der Waals surface area contributed by atoms with Gasteiger partial charge in [-0.15, -0.1) is 0 Å². The van der Waals surface area contributed by atoms with Crippen molar-refractivity contribution in [3.8, 4) is 11.1 Å². The first-order valence-electron chi connectivity index (χ1n) is 7.77. The summed E-state index contributed by atoms with van der Waals surface area (Å²) in [5.41, 5.74) is 3.81. The second-order valence-electron chi connectivity index (χ2n) is 6.56. The number of aldehydes is 1. The molecule has 4 nitrogen and oxygen atoms in total. The van der Waals surface area contributed by atoms with E-state index in [4.69, 9.17) is 4.74 Å². The number of aryl methyl sites for hydroxylation is 1. The lowest BCUT2D eigenvalue weighted by molar-refractivity contribution is 0.00624. The Morgan fingerprint density at radius 1 is 1.26 bits per heavy atom. The van der Waals surface area contributed by atoms with Crippen LogP contribution < -0.4 is 0 Å². The van der Waals surface area contributed by atoms with Crippen molar-refractivity contribution in [2.75, 3.05) is 0 Å². The molecule has 0 bridgehead atoms. The van der Waals surface area contributed by atoms with E-state index in [1.807, 2.05) is 58.9 Å². The molecule has 1 N–H and O–H groups in total. The van der Waals surface area contributed by atoms with Crippen LogP contribution in [0.25, 0.3) is 11.1 Å². The van der Waals surface area contributed by atoms with Crippen LogP contribution in [0.5, 0.6) is 0 Å². The highest BCUT2D eigenvalue weighted by Gasteiger charge is 2.26. The van der Waals surface area contributed by atoms with Crippen LogP contribution in [0.2, 0.25) is 0 Å². The van der Waals surface area contributed by atoms with Crippen molar-refractivity contribution in [3.05, 3.63) is 46.8 Å². The third-order valence-corrected chi connectivity index (χ3v) is 3.62. The van der Waals surface area contributed by atoms with Gasteiger partial charge < -0.3 is 9.72 Å². The number of hydrogen-bond donors (Lipinski definition) is 1. The molecule has 0 spiro atoms. The van der Waals surface area contributed by atoms with Gasteiger partial charge in [0.1, 0.15) is 11.3 Å². The second kappa shape index (κ2) is 6.41. The summed E-state index contributed by atoms with van der Waals surface area (Å²) in [7, 11) is 0. The van der Waals surface area contributed by atoms with Crippen LogP contribution in [0, 0.1) is 6.92 Å². The molecule has 0 unspecified atom stereocenters. The van der Waals surface area contributed by atoms with Crippen molar-refractivity contribution >= 4 is 12.3 Å². The molecule has 2 rings (SSSR count). The standard InChI is InChI=1S/C19H23NO3/c1-6-13-16(14-10-8-7-9-12(14)2)15(11-21)20-17(13)18(22)23-19(3,4)5/h7-11,20H,6H2,1-5H3. The fourth-order valence-electron chi connectivity index (χ4n) is 2.67. The van der Waals surface area contributed by atoms with Gasteiger partial charge in [0.05, 0.1) is 5.69 Å². The largest absolute Gasteiger partial charge is 0.455 e. The summed E-state index contributed by atoms with van der Waals surface area (Å²) >= 11 is 0. The first-order chi connectivity index (χ1) is 10.8. The Morgan fingerprint density at radius 2 is 1.91 bits per heavy atom. The summed E-state index contributed by atoms with van der Waals surface area (Å²) in [5.74, 6) is -0.433. The minimum absolute atomic E-state index is 0.364. The van der Waals surface area contributed by atoms with Crippen LogP contribution in [-0.4, -0.2) is 22.8 Å². The number of H-pyrrole nitrogens is 1. The molecular weight excluding hydrogens is 290 g/mol. The number of hydrogen-bond acceptors (Lipinski definition) is 3. The summed E-state index contributed by atoms with van der Waals surface area (Å²) < 4.78 is 5.46. The van der Waals surface area contributed by atoms with Gasteiger partial charge in [-0.25, -0.2) is 4.79 Å². The molecule has 122 valence electrons. The van der Waals surface area contributed by atoms with E-state index in [0.29, 0.717) is 17.8 Å². The Bertz CT molecular complexity index is 736. The molecule has 0 radical (unpaired) electrons. The summed E-state index contributed by atoms with van der Waals surface area (Å²) in [5, 5.41) is 0. The van der Waals surface area contributed by atoms with E-state index >= 15 is 0 Å². The fraction of sp³-hybridized carbons (Fsp3) is 0.368. The molecule has 0 atom stereocenters. The molecule has 4 heteroatoms. The lowest BCUT2D eigenvalue weighted by Crippen LogP contribution is -2.24. The smallest absolute Gasteiger partial charge is 0.355 e. The van der Waals surface area contributed by atoms with Crippen molar-refractivity contribution in [1.82, 2.24) is 4.98 Å². The molecule has 0 fully saturated rings. The highest BCUT2D eigenvalue weighted by molar-refractivity contribution is 5.98. The second-order valence-corrected chi connectivity index (χ2v) is 6.56. The van der Waals surface area contributed by atoms with E-state index in [1.54, 1.807) is 0 Å². The van der Waals surface area contributed by atoms with Gasteiger partial charge in [0.2, 0.25) is 0 Å². The minimum Gasteiger partial charge on any atom is -0.455 e. The number of aromatic nitrogens is 1. The van der Waals surface area contributed by atoms with Crippen LogP contribution in [-0.2, 0) is 11.2 Å². The molecule has 2 aromatic rings. The van der Waals surface area contributed by atoms with Gasteiger partial charge in [-0.3, -0.25) is 4.79 Å². The highest BCUT2D eigenvalue weighted by Crippen LogP contribution is 2.33. The Morgan fingerprint density at radius 3 is 2.43 bits per heavy atom. The molecular formula is C19H23NO3. The van der Waals surface area contributed by atoms with Crippen molar-refractivity contribution in [1.29, 1.82) is 0 Å². The number of benzene rings is 1. The number of aromatic amines is 1. The van der Waals surface area contributed by atoms with E-state index < -0.39 is 11.6 Å². The Kier molecular flexibility index (Phi) is 4.73. The predicted molar refractivity (Wildman–Crippen MR) is 90.9 cm³/mol. The number of carbonyl (C=O) groups excluding carboxylic acids is 2. The molecule has 0 aliphatic carbocycles. The molecule has 0 amide bonds. The molecule has 0 saturated carbocycles. The number of carbonyl (C=O) groups is 2. The van der Waals surface area contributed by atoms with Crippen molar-refractivity contribution in [3.63, 3.8) is 0 Å². The van der Waals surface area contributed by atoms with Gasteiger partial charge in [-0.05, 0) is 50.8 Å². The first-order valence-corrected chi connectivity index (χ1v) is 7.77. The SMILES string of the molecule is CCc1c(C(=O)OC(C)(C)C)[nH]c(C=O)c1-c1ccccc1C. The lowest BCUT2D eigenvalue weighted by atomic mass is 9.95. The molecule has 1 aromatic heterocycles. The van der Waals surface area contributed by atoms with Gasteiger partial charge in [0, 0.05) is 5.56 Å². The number of ether oxygens (including phenoxy) is 1. The van der Waals surface area contributed by atoms with E-state index in [1.165, 1.54) is 0 Å². The highest BCUT2D eigenvalue weighted by atomic mass is 16.6. The van der Waals surface area contributed by atoms with Crippen LogP contribution >= 0.6 is 0 Å². The monoisotopic (exact) mass is 313 g/mol. The molecule has 0 saturated heterocycles. The van der Waals surface area contributed by atoms with Gasteiger partial charge in [0.25, 0.3) is 0 Å². The fourth-order valence-corrected chi connectivity index (χ4v) is 2.67.